The van der Waals surface area contributed by atoms with Crippen molar-refractivity contribution in [2.45, 2.75) is 38.3 Å². The highest BCUT2D eigenvalue weighted by Gasteiger charge is 2.33. The largest absolute Gasteiger partial charge is 0.496 e. The van der Waals surface area contributed by atoms with Gasteiger partial charge in [0.25, 0.3) is 5.91 Å². The van der Waals surface area contributed by atoms with Gasteiger partial charge in [0, 0.05) is 43.4 Å². The summed E-state index contributed by atoms with van der Waals surface area (Å²) in [6.07, 6.45) is 3.78. The van der Waals surface area contributed by atoms with Gasteiger partial charge >= 0.3 is 0 Å². The number of likely N-dealkylation sites (tertiary alicyclic amines) is 1. The lowest BCUT2D eigenvalue weighted by atomic mass is 10.0. The SMILES string of the molecule is COc1ccccc1CC1CCCN1C(=O)c1n[nH]c2c1CNCC2.Cl. The van der Waals surface area contributed by atoms with Crippen LogP contribution in [0, 0.1) is 0 Å². The van der Waals surface area contributed by atoms with E-state index in [1.165, 1.54) is 0 Å². The first-order valence-corrected chi connectivity index (χ1v) is 8.97. The summed E-state index contributed by atoms with van der Waals surface area (Å²) in [6, 6.07) is 8.26. The summed E-state index contributed by atoms with van der Waals surface area (Å²) in [7, 11) is 1.69. The fourth-order valence-electron chi connectivity index (χ4n) is 3.98. The third kappa shape index (κ3) is 3.44. The molecule has 1 amide bonds. The van der Waals surface area contributed by atoms with Gasteiger partial charge in [-0.1, -0.05) is 18.2 Å². The molecule has 1 fully saturated rings. The predicted molar refractivity (Wildman–Crippen MR) is 102 cm³/mol. The van der Waals surface area contributed by atoms with Crippen molar-refractivity contribution in [2.24, 2.45) is 0 Å². The number of hydrogen-bond acceptors (Lipinski definition) is 4. The van der Waals surface area contributed by atoms with Crippen molar-refractivity contribution in [3.8, 4) is 5.75 Å². The molecule has 0 bridgehead atoms. The number of benzene rings is 1. The molecule has 2 aliphatic rings. The summed E-state index contributed by atoms with van der Waals surface area (Å²) < 4.78 is 5.47. The van der Waals surface area contributed by atoms with Crippen LogP contribution in [0.15, 0.2) is 24.3 Å². The van der Waals surface area contributed by atoms with Gasteiger partial charge in [-0.15, -0.1) is 12.4 Å². The quantitative estimate of drug-likeness (QED) is 0.859. The Bertz CT molecular complexity index is 777. The van der Waals surface area contributed by atoms with E-state index >= 15 is 0 Å². The Morgan fingerprint density at radius 2 is 2.23 bits per heavy atom. The molecular weight excluding hydrogens is 352 g/mol. The molecule has 26 heavy (non-hydrogen) atoms. The number of fused-ring (bicyclic) bond motifs is 1. The molecule has 2 N–H and O–H groups in total. The van der Waals surface area contributed by atoms with Gasteiger partial charge in [0.05, 0.1) is 7.11 Å². The molecular formula is C19H25ClN4O2. The molecule has 0 aliphatic carbocycles. The van der Waals surface area contributed by atoms with Crippen LogP contribution in [-0.4, -0.2) is 47.2 Å². The lowest BCUT2D eigenvalue weighted by molar-refractivity contribution is 0.0728. The number of nitrogens with one attached hydrogen (secondary N) is 2. The van der Waals surface area contributed by atoms with Crippen molar-refractivity contribution in [1.82, 2.24) is 20.4 Å². The van der Waals surface area contributed by atoms with Gasteiger partial charge < -0.3 is 15.0 Å². The molecule has 1 atom stereocenters. The average molecular weight is 377 g/mol. The van der Waals surface area contributed by atoms with Crippen LogP contribution in [0.2, 0.25) is 0 Å². The van der Waals surface area contributed by atoms with Crippen molar-refractivity contribution < 1.29 is 9.53 Å². The number of ether oxygens (including phenoxy) is 1. The maximum absolute atomic E-state index is 13.1. The molecule has 0 radical (unpaired) electrons. The number of aromatic amines is 1. The Labute approximate surface area is 159 Å². The lowest BCUT2D eigenvalue weighted by Crippen LogP contribution is -2.38. The topological polar surface area (TPSA) is 70.2 Å². The second kappa shape index (κ2) is 8.10. The van der Waals surface area contributed by atoms with Gasteiger partial charge in [0.1, 0.15) is 5.75 Å². The van der Waals surface area contributed by atoms with E-state index in [2.05, 4.69) is 21.6 Å². The summed E-state index contributed by atoms with van der Waals surface area (Å²) in [5.41, 5.74) is 3.89. The van der Waals surface area contributed by atoms with Crippen LogP contribution in [0.4, 0.5) is 0 Å². The van der Waals surface area contributed by atoms with Crippen LogP contribution in [-0.2, 0) is 19.4 Å². The standard InChI is InChI=1S/C19H24N4O2.ClH/c1-25-17-7-3-2-5-13(17)11-14-6-4-10-23(14)19(24)18-15-12-20-9-8-16(15)21-22-18;/h2-3,5,7,14,20H,4,6,8-12H2,1H3,(H,21,22);1H. The number of nitrogens with zero attached hydrogens (tertiary/aromatic N) is 2. The molecule has 0 spiro atoms. The van der Waals surface area contributed by atoms with Gasteiger partial charge in [-0.3, -0.25) is 9.89 Å². The molecule has 3 heterocycles. The highest BCUT2D eigenvalue weighted by molar-refractivity contribution is 5.94. The summed E-state index contributed by atoms with van der Waals surface area (Å²) in [5.74, 6) is 0.946. The minimum absolute atomic E-state index is 0. The third-order valence-electron chi connectivity index (χ3n) is 5.29. The molecule has 1 saturated heterocycles. The maximum Gasteiger partial charge on any atom is 0.274 e. The van der Waals surface area contributed by atoms with Crippen LogP contribution >= 0.6 is 12.4 Å². The van der Waals surface area contributed by atoms with E-state index in [4.69, 9.17) is 4.74 Å². The number of amides is 1. The molecule has 1 aromatic heterocycles. The Hall–Kier alpha value is -2.05. The number of halogens is 1. The minimum atomic E-state index is 0. The van der Waals surface area contributed by atoms with Gasteiger partial charge in [-0.2, -0.15) is 5.10 Å². The van der Waals surface area contributed by atoms with Gasteiger partial charge in [-0.05, 0) is 30.9 Å². The van der Waals surface area contributed by atoms with Crippen molar-refractivity contribution in [2.75, 3.05) is 20.2 Å². The number of H-pyrrole nitrogens is 1. The Morgan fingerprint density at radius 1 is 1.38 bits per heavy atom. The fourth-order valence-corrected chi connectivity index (χ4v) is 3.98. The first kappa shape index (κ1) is 18.7. The molecule has 0 saturated carbocycles. The van der Waals surface area contributed by atoms with E-state index in [0.717, 1.165) is 67.9 Å². The highest BCUT2D eigenvalue weighted by atomic mass is 35.5. The van der Waals surface area contributed by atoms with Crippen LogP contribution in [0.3, 0.4) is 0 Å². The number of para-hydroxylation sites is 1. The second-order valence-electron chi connectivity index (χ2n) is 6.77. The maximum atomic E-state index is 13.1. The summed E-state index contributed by atoms with van der Waals surface area (Å²) in [6.45, 7) is 2.45. The smallest absolute Gasteiger partial charge is 0.274 e. The van der Waals surface area contributed by atoms with E-state index in [-0.39, 0.29) is 24.4 Å². The average Bonchev–Trinajstić information content (AvgIpc) is 3.28. The summed E-state index contributed by atoms with van der Waals surface area (Å²) >= 11 is 0. The molecule has 1 unspecified atom stereocenters. The van der Waals surface area contributed by atoms with E-state index in [0.29, 0.717) is 5.69 Å². The van der Waals surface area contributed by atoms with E-state index in [1.54, 1.807) is 7.11 Å². The lowest BCUT2D eigenvalue weighted by Gasteiger charge is -2.25. The molecule has 6 nitrogen and oxygen atoms in total. The van der Waals surface area contributed by atoms with Crippen molar-refractivity contribution in [1.29, 1.82) is 0 Å². The van der Waals surface area contributed by atoms with Crippen molar-refractivity contribution >= 4 is 18.3 Å². The summed E-state index contributed by atoms with van der Waals surface area (Å²) in [4.78, 5) is 15.1. The molecule has 140 valence electrons. The zero-order valence-corrected chi connectivity index (χ0v) is 15.8. The summed E-state index contributed by atoms with van der Waals surface area (Å²) in [5, 5.41) is 10.7. The molecule has 4 rings (SSSR count). The zero-order chi connectivity index (χ0) is 17.2. The monoisotopic (exact) mass is 376 g/mol. The Balaban J connectivity index is 0.00000196. The van der Waals surface area contributed by atoms with Gasteiger partial charge in [-0.25, -0.2) is 0 Å². The number of hydrogen-bond donors (Lipinski definition) is 2. The van der Waals surface area contributed by atoms with E-state index in [1.807, 2.05) is 23.1 Å². The Morgan fingerprint density at radius 3 is 3.08 bits per heavy atom. The number of rotatable bonds is 4. The van der Waals surface area contributed by atoms with Crippen molar-refractivity contribution in [3.63, 3.8) is 0 Å². The third-order valence-corrected chi connectivity index (χ3v) is 5.29. The van der Waals surface area contributed by atoms with Gasteiger partial charge in [0.15, 0.2) is 5.69 Å². The Kier molecular flexibility index (Phi) is 5.84. The molecule has 7 heteroatoms. The molecule has 1 aromatic carbocycles. The van der Waals surface area contributed by atoms with E-state index < -0.39 is 0 Å². The molecule has 2 aliphatic heterocycles. The van der Waals surface area contributed by atoms with Crippen LogP contribution in [0.1, 0.15) is 40.2 Å². The first-order chi connectivity index (χ1) is 12.3. The van der Waals surface area contributed by atoms with Crippen LogP contribution in [0.5, 0.6) is 5.75 Å². The number of carbonyl (C=O) groups excluding carboxylic acids is 1. The zero-order valence-electron chi connectivity index (χ0n) is 15.0. The van der Waals surface area contributed by atoms with E-state index in [9.17, 15) is 4.79 Å². The normalized spacial score (nSPS) is 19.0. The van der Waals surface area contributed by atoms with Crippen LogP contribution < -0.4 is 10.1 Å². The minimum Gasteiger partial charge on any atom is -0.496 e. The molecule has 2 aromatic rings. The second-order valence-corrected chi connectivity index (χ2v) is 6.77. The van der Waals surface area contributed by atoms with Crippen LogP contribution in [0.25, 0.3) is 0 Å². The number of aromatic nitrogens is 2. The number of methoxy groups -OCH3 is 1. The first-order valence-electron chi connectivity index (χ1n) is 8.97. The number of carbonyl (C=O) groups is 1. The predicted octanol–water partition coefficient (Wildman–Crippen LogP) is 2.33. The van der Waals surface area contributed by atoms with Gasteiger partial charge in [0.2, 0.25) is 0 Å². The fraction of sp³-hybridized carbons (Fsp3) is 0.474. The highest BCUT2D eigenvalue weighted by Crippen LogP contribution is 2.28. The van der Waals surface area contributed by atoms with Crippen molar-refractivity contribution in [3.05, 3.63) is 46.8 Å².